The summed E-state index contributed by atoms with van der Waals surface area (Å²) in [5.74, 6) is 0.629. The number of rotatable bonds is 6. The van der Waals surface area contributed by atoms with E-state index in [1.54, 1.807) is 25.3 Å². The van der Waals surface area contributed by atoms with Gasteiger partial charge >= 0.3 is 5.97 Å². The van der Waals surface area contributed by atoms with E-state index in [2.05, 4.69) is 10.3 Å². The van der Waals surface area contributed by atoms with Crippen LogP contribution in [0.3, 0.4) is 0 Å². The first-order chi connectivity index (χ1) is 13.0. The highest BCUT2D eigenvalue weighted by atomic mass is 16.5. The van der Waals surface area contributed by atoms with E-state index in [1.165, 1.54) is 14.0 Å². The van der Waals surface area contributed by atoms with Crippen LogP contribution in [0, 0.1) is 0 Å². The van der Waals surface area contributed by atoms with E-state index in [-0.39, 0.29) is 5.91 Å². The van der Waals surface area contributed by atoms with Gasteiger partial charge in [-0.2, -0.15) is 0 Å². The van der Waals surface area contributed by atoms with Crippen LogP contribution >= 0.6 is 0 Å². The van der Waals surface area contributed by atoms with E-state index in [1.807, 2.05) is 24.3 Å². The lowest BCUT2D eigenvalue weighted by Crippen LogP contribution is -2.06. The average Bonchev–Trinajstić information content (AvgIpc) is 3.09. The SMILES string of the molecule is COC(=O)c1cc2c(OCc3ccc(OC)cc3)cc(NC(C)=O)cc2[nH]1. The van der Waals surface area contributed by atoms with Crippen LogP contribution in [0.25, 0.3) is 10.9 Å². The Morgan fingerprint density at radius 2 is 1.81 bits per heavy atom. The van der Waals surface area contributed by atoms with Crippen LogP contribution in [-0.4, -0.2) is 31.1 Å². The number of hydrogen-bond acceptors (Lipinski definition) is 5. The Bertz CT molecular complexity index is 976. The van der Waals surface area contributed by atoms with Crippen molar-refractivity contribution in [2.45, 2.75) is 13.5 Å². The van der Waals surface area contributed by atoms with E-state index in [0.717, 1.165) is 16.7 Å². The predicted molar refractivity (Wildman–Crippen MR) is 101 cm³/mol. The fraction of sp³-hybridized carbons (Fsp3) is 0.200. The number of fused-ring (bicyclic) bond motifs is 1. The van der Waals surface area contributed by atoms with Crippen molar-refractivity contribution in [3.63, 3.8) is 0 Å². The summed E-state index contributed by atoms with van der Waals surface area (Å²) in [4.78, 5) is 26.2. The van der Waals surface area contributed by atoms with Crippen molar-refractivity contribution in [2.75, 3.05) is 19.5 Å². The van der Waals surface area contributed by atoms with E-state index in [9.17, 15) is 9.59 Å². The quantitative estimate of drug-likeness (QED) is 0.650. The normalized spacial score (nSPS) is 10.5. The van der Waals surface area contributed by atoms with Crippen LogP contribution < -0.4 is 14.8 Å². The predicted octanol–water partition coefficient (Wildman–Crippen LogP) is 3.50. The maximum atomic E-state index is 11.8. The molecule has 0 unspecified atom stereocenters. The standard InChI is InChI=1S/C20H20N2O5/c1-12(23)21-14-8-17-16(10-18(22-17)20(24)26-3)19(9-14)27-11-13-4-6-15(25-2)7-5-13/h4-10,22H,11H2,1-3H3,(H,21,23). The van der Waals surface area contributed by atoms with Gasteiger partial charge in [0.05, 0.1) is 19.7 Å². The molecule has 7 nitrogen and oxygen atoms in total. The summed E-state index contributed by atoms with van der Waals surface area (Å²) in [5.41, 5.74) is 2.49. The number of nitrogens with one attached hydrogen (secondary N) is 2. The molecule has 0 saturated heterocycles. The Balaban J connectivity index is 1.93. The number of carbonyl (C=O) groups is 2. The summed E-state index contributed by atoms with van der Waals surface area (Å²) in [6.45, 7) is 1.75. The highest BCUT2D eigenvalue weighted by Gasteiger charge is 2.14. The fourth-order valence-electron chi connectivity index (χ4n) is 2.70. The molecule has 0 aliphatic carbocycles. The first-order valence-corrected chi connectivity index (χ1v) is 8.28. The molecular weight excluding hydrogens is 348 g/mol. The van der Waals surface area contributed by atoms with E-state index < -0.39 is 5.97 Å². The minimum Gasteiger partial charge on any atom is -0.497 e. The van der Waals surface area contributed by atoms with Crippen LogP contribution in [-0.2, 0) is 16.1 Å². The molecule has 2 N–H and O–H groups in total. The van der Waals surface area contributed by atoms with Crippen molar-refractivity contribution < 1.29 is 23.8 Å². The summed E-state index contributed by atoms with van der Waals surface area (Å²) in [7, 11) is 2.93. The molecule has 0 spiro atoms. The molecule has 0 bridgehead atoms. The monoisotopic (exact) mass is 368 g/mol. The van der Waals surface area contributed by atoms with E-state index in [4.69, 9.17) is 14.2 Å². The lowest BCUT2D eigenvalue weighted by Gasteiger charge is -2.11. The largest absolute Gasteiger partial charge is 0.497 e. The molecule has 1 aromatic heterocycles. The topological polar surface area (TPSA) is 89.7 Å². The van der Waals surface area contributed by atoms with Gasteiger partial charge in [-0.05, 0) is 29.8 Å². The molecule has 3 aromatic rings. The minimum atomic E-state index is -0.478. The lowest BCUT2D eigenvalue weighted by molar-refractivity contribution is -0.114. The smallest absolute Gasteiger partial charge is 0.354 e. The number of methoxy groups -OCH3 is 2. The molecule has 1 heterocycles. The molecule has 0 saturated carbocycles. The number of H-pyrrole nitrogens is 1. The van der Waals surface area contributed by atoms with Crippen molar-refractivity contribution >= 4 is 28.5 Å². The number of benzene rings is 2. The molecule has 3 rings (SSSR count). The molecule has 0 atom stereocenters. The molecule has 7 heteroatoms. The average molecular weight is 368 g/mol. The number of ether oxygens (including phenoxy) is 3. The van der Waals surface area contributed by atoms with Crippen LogP contribution in [0.5, 0.6) is 11.5 Å². The maximum absolute atomic E-state index is 11.8. The zero-order valence-electron chi connectivity index (χ0n) is 15.3. The molecule has 27 heavy (non-hydrogen) atoms. The molecular formula is C20H20N2O5. The number of aromatic amines is 1. The summed E-state index contributed by atoms with van der Waals surface area (Å²) >= 11 is 0. The first kappa shape index (κ1) is 18.3. The Kier molecular flexibility index (Phi) is 5.30. The van der Waals surface area contributed by atoms with Gasteiger partial charge in [-0.3, -0.25) is 4.79 Å². The number of amides is 1. The van der Waals surface area contributed by atoms with Crippen molar-refractivity contribution in [1.29, 1.82) is 0 Å². The minimum absolute atomic E-state index is 0.199. The molecule has 140 valence electrons. The Morgan fingerprint density at radius 3 is 2.44 bits per heavy atom. The first-order valence-electron chi connectivity index (χ1n) is 8.28. The highest BCUT2D eigenvalue weighted by Crippen LogP contribution is 2.32. The summed E-state index contributed by atoms with van der Waals surface area (Å²) < 4.78 is 15.9. The maximum Gasteiger partial charge on any atom is 0.354 e. The number of esters is 1. The Hall–Kier alpha value is -3.48. The zero-order valence-corrected chi connectivity index (χ0v) is 15.3. The van der Waals surface area contributed by atoms with Gasteiger partial charge in [0.15, 0.2) is 0 Å². The molecule has 2 aromatic carbocycles. The summed E-state index contributed by atoms with van der Waals surface area (Å²) in [6, 6.07) is 12.7. The second kappa shape index (κ2) is 7.82. The lowest BCUT2D eigenvalue weighted by atomic mass is 10.2. The molecule has 0 radical (unpaired) electrons. The number of hydrogen-bond donors (Lipinski definition) is 2. The van der Waals surface area contributed by atoms with E-state index in [0.29, 0.717) is 29.3 Å². The fourth-order valence-corrected chi connectivity index (χ4v) is 2.70. The van der Waals surface area contributed by atoms with Gasteiger partial charge in [0.2, 0.25) is 5.91 Å². The van der Waals surface area contributed by atoms with Gasteiger partial charge in [0, 0.05) is 24.1 Å². The van der Waals surface area contributed by atoms with Crippen LogP contribution in [0.4, 0.5) is 5.69 Å². The van der Waals surface area contributed by atoms with Crippen LogP contribution in [0.2, 0.25) is 0 Å². The van der Waals surface area contributed by atoms with E-state index >= 15 is 0 Å². The third-order valence-corrected chi connectivity index (χ3v) is 3.98. The van der Waals surface area contributed by atoms with Crippen LogP contribution in [0.1, 0.15) is 23.0 Å². The number of aromatic nitrogens is 1. The third-order valence-electron chi connectivity index (χ3n) is 3.98. The van der Waals surface area contributed by atoms with Crippen LogP contribution in [0.15, 0.2) is 42.5 Å². The molecule has 0 aliphatic rings. The second-order valence-electron chi connectivity index (χ2n) is 5.93. The Labute approximate surface area is 156 Å². The van der Waals surface area contributed by atoms with Crippen molar-refractivity contribution in [3.05, 3.63) is 53.7 Å². The van der Waals surface area contributed by atoms with Crippen molar-refractivity contribution in [2.24, 2.45) is 0 Å². The summed E-state index contributed by atoms with van der Waals surface area (Å²) in [6.07, 6.45) is 0. The number of anilines is 1. The second-order valence-corrected chi connectivity index (χ2v) is 5.93. The Morgan fingerprint density at radius 1 is 1.07 bits per heavy atom. The zero-order chi connectivity index (χ0) is 19.4. The van der Waals surface area contributed by atoms with Gasteiger partial charge in [-0.25, -0.2) is 4.79 Å². The third kappa shape index (κ3) is 4.20. The van der Waals surface area contributed by atoms with Crippen molar-refractivity contribution in [3.8, 4) is 11.5 Å². The van der Waals surface area contributed by atoms with Gasteiger partial charge in [0.1, 0.15) is 23.8 Å². The van der Waals surface area contributed by atoms with Gasteiger partial charge in [-0.1, -0.05) is 12.1 Å². The van der Waals surface area contributed by atoms with Gasteiger partial charge in [-0.15, -0.1) is 0 Å². The van der Waals surface area contributed by atoms with Gasteiger partial charge in [0.25, 0.3) is 0 Å². The summed E-state index contributed by atoms with van der Waals surface area (Å²) in [5, 5.41) is 3.45. The molecule has 1 amide bonds. The highest BCUT2D eigenvalue weighted by molar-refractivity contribution is 6.00. The molecule has 0 fully saturated rings. The number of carbonyl (C=O) groups excluding carboxylic acids is 2. The van der Waals surface area contributed by atoms with Crippen molar-refractivity contribution in [1.82, 2.24) is 4.98 Å². The molecule has 0 aliphatic heterocycles. The van der Waals surface area contributed by atoms with Gasteiger partial charge < -0.3 is 24.5 Å².